The Morgan fingerprint density at radius 3 is 2.71 bits per heavy atom. The van der Waals surface area contributed by atoms with Crippen LogP contribution in [0.1, 0.15) is 13.8 Å². The lowest BCUT2D eigenvalue weighted by Crippen LogP contribution is -2.43. The number of hydrazine groups is 1. The Labute approximate surface area is 84.4 Å². The Kier molecular flexibility index (Phi) is 2.15. The predicted molar refractivity (Wildman–Crippen MR) is 59.9 cm³/mol. The van der Waals surface area contributed by atoms with Gasteiger partial charge in [0.25, 0.3) is 0 Å². The Hall–Kier alpha value is -1.51. The third kappa shape index (κ3) is 1.45. The van der Waals surface area contributed by atoms with Crippen molar-refractivity contribution in [2.75, 3.05) is 12.1 Å². The molecule has 0 spiro atoms. The first-order valence-electron chi connectivity index (χ1n) is 4.86. The SMILES string of the molecule is CC(C)C1=Nc2ccccc2N(C)N1. The molecule has 0 fully saturated rings. The average Bonchev–Trinajstić information content (AvgIpc) is 2.17. The second kappa shape index (κ2) is 3.33. The van der Waals surface area contributed by atoms with Crippen LogP contribution in [0.3, 0.4) is 0 Å². The maximum absolute atomic E-state index is 4.56. The van der Waals surface area contributed by atoms with E-state index in [0.29, 0.717) is 5.92 Å². The fraction of sp³-hybridized carbons (Fsp3) is 0.364. The molecule has 3 heteroatoms. The molecule has 0 aliphatic carbocycles. The first-order valence-corrected chi connectivity index (χ1v) is 4.86. The highest BCUT2D eigenvalue weighted by molar-refractivity contribution is 5.92. The van der Waals surface area contributed by atoms with Crippen LogP contribution in [-0.2, 0) is 0 Å². The quantitative estimate of drug-likeness (QED) is 0.734. The summed E-state index contributed by atoms with van der Waals surface area (Å²) in [5.41, 5.74) is 5.42. The number of benzene rings is 1. The minimum atomic E-state index is 0.422. The number of nitrogens with one attached hydrogen (secondary N) is 1. The number of rotatable bonds is 1. The predicted octanol–water partition coefficient (Wildman–Crippen LogP) is 2.33. The number of para-hydroxylation sites is 2. The van der Waals surface area contributed by atoms with Crippen LogP contribution in [0.4, 0.5) is 11.4 Å². The fourth-order valence-electron chi connectivity index (χ4n) is 1.49. The van der Waals surface area contributed by atoms with Crippen LogP contribution >= 0.6 is 0 Å². The van der Waals surface area contributed by atoms with Gasteiger partial charge in [-0.2, -0.15) is 0 Å². The smallest absolute Gasteiger partial charge is 0.123 e. The summed E-state index contributed by atoms with van der Waals surface area (Å²) in [5.74, 6) is 1.44. The van der Waals surface area contributed by atoms with Gasteiger partial charge in [0.1, 0.15) is 5.84 Å². The van der Waals surface area contributed by atoms with Gasteiger partial charge in [-0.25, -0.2) is 4.99 Å². The fourth-order valence-corrected chi connectivity index (χ4v) is 1.49. The van der Waals surface area contributed by atoms with Crippen molar-refractivity contribution in [3.63, 3.8) is 0 Å². The number of hydrogen-bond acceptors (Lipinski definition) is 3. The first-order chi connectivity index (χ1) is 6.68. The summed E-state index contributed by atoms with van der Waals surface area (Å²) in [4.78, 5) is 4.56. The van der Waals surface area contributed by atoms with E-state index in [1.54, 1.807) is 0 Å². The van der Waals surface area contributed by atoms with Crippen LogP contribution in [0.15, 0.2) is 29.3 Å². The molecule has 2 rings (SSSR count). The standard InChI is InChI=1S/C11H15N3/c1-8(2)11-12-9-6-4-5-7-10(9)14(3)13-11/h4-8H,1-3H3,(H,12,13). The zero-order chi connectivity index (χ0) is 10.1. The Morgan fingerprint density at radius 1 is 1.29 bits per heavy atom. The van der Waals surface area contributed by atoms with Gasteiger partial charge in [-0.3, -0.25) is 10.4 Å². The summed E-state index contributed by atoms with van der Waals surface area (Å²) in [5, 5.41) is 2.01. The second-order valence-corrected chi connectivity index (χ2v) is 3.81. The van der Waals surface area contributed by atoms with Crippen molar-refractivity contribution < 1.29 is 0 Å². The maximum Gasteiger partial charge on any atom is 0.123 e. The second-order valence-electron chi connectivity index (χ2n) is 3.81. The molecule has 14 heavy (non-hydrogen) atoms. The topological polar surface area (TPSA) is 27.6 Å². The molecule has 0 saturated carbocycles. The molecule has 3 nitrogen and oxygen atoms in total. The molecule has 0 unspecified atom stereocenters. The molecule has 1 aliphatic rings. The summed E-state index contributed by atoms with van der Waals surface area (Å²) in [6.45, 7) is 4.27. The largest absolute Gasteiger partial charge is 0.288 e. The number of anilines is 1. The minimum Gasteiger partial charge on any atom is -0.288 e. The molecule has 1 aromatic rings. The molecule has 0 radical (unpaired) electrons. The number of hydrogen-bond donors (Lipinski definition) is 1. The summed E-state index contributed by atoms with van der Waals surface area (Å²) < 4.78 is 0. The molecule has 1 N–H and O–H groups in total. The zero-order valence-corrected chi connectivity index (χ0v) is 8.78. The van der Waals surface area contributed by atoms with Crippen molar-refractivity contribution in [3.8, 4) is 0 Å². The highest BCUT2D eigenvalue weighted by Gasteiger charge is 2.16. The minimum absolute atomic E-state index is 0.422. The van der Waals surface area contributed by atoms with Gasteiger partial charge in [-0.1, -0.05) is 26.0 Å². The monoisotopic (exact) mass is 189 g/mol. The molecular formula is C11H15N3. The van der Waals surface area contributed by atoms with Gasteiger partial charge in [0.05, 0.1) is 11.4 Å². The summed E-state index contributed by atoms with van der Waals surface area (Å²) in [7, 11) is 2.01. The molecule has 0 amide bonds. The Morgan fingerprint density at radius 2 is 2.00 bits per heavy atom. The number of aliphatic imine (C=N–C) groups is 1. The van der Waals surface area contributed by atoms with Crippen LogP contribution in [0.25, 0.3) is 0 Å². The normalized spacial score (nSPS) is 14.9. The van der Waals surface area contributed by atoms with E-state index in [1.807, 2.05) is 30.3 Å². The van der Waals surface area contributed by atoms with E-state index in [1.165, 1.54) is 0 Å². The molecule has 1 aliphatic heterocycles. The van der Waals surface area contributed by atoms with E-state index in [2.05, 4.69) is 30.3 Å². The zero-order valence-electron chi connectivity index (χ0n) is 8.78. The molecule has 1 aromatic carbocycles. The maximum atomic E-state index is 4.56. The first kappa shape index (κ1) is 9.06. The van der Waals surface area contributed by atoms with Gasteiger partial charge in [0.2, 0.25) is 0 Å². The van der Waals surface area contributed by atoms with Crippen LogP contribution < -0.4 is 10.4 Å². The van der Waals surface area contributed by atoms with Crippen molar-refractivity contribution in [2.45, 2.75) is 13.8 Å². The van der Waals surface area contributed by atoms with Gasteiger partial charge in [-0.05, 0) is 12.1 Å². The average molecular weight is 189 g/mol. The van der Waals surface area contributed by atoms with Crippen LogP contribution in [0.5, 0.6) is 0 Å². The van der Waals surface area contributed by atoms with Crippen molar-refractivity contribution in [3.05, 3.63) is 24.3 Å². The highest BCUT2D eigenvalue weighted by atomic mass is 15.5. The number of nitrogens with zero attached hydrogens (tertiary/aromatic N) is 2. The molecule has 0 atom stereocenters. The van der Waals surface area contributed by atoms with E-state index in [0.717, 1.165) is 17.2 Å². The van der Waals surface area contributed by atoms with E-state index < -0.39 is 0 Å². The summed E-state index contributed by atoms with van der Waals surface area (Å²) in [6, 6.07) is 8.13. The summed E-state index contributed by atoms with van der Waals surface area (Å²) >= 11 is 0. The molecule has 0 bridgehead atoms. The summed E-state index contributed by atoms with van der Waals surface area (Å²) in [6.07, 6.45) is 0. The van der Waals surface area contributed by atoms with Crippen molar-refractivity contribution in [1.29, 1.82) is 0 Å². The van der Waals surface area contributed by atoms with E-state index in [4.69, 9.17) is 0 Å². The lowest BCUT2D eigenvalue weighted by atomic mass is 10.2. The number of fused-ring (bicyclic) bond motifs is 1. The molecule has 0 aromatic heterocycles. The van der Waals surface area contributed by atoms with Gasteiger partial charge in [0, 0.05) is 13.0 Å². The van der Waals surface area contributed by atoms with Gasteiger partial charge < -0.3 is 0 Å². The molecule has 1 heterocycles. The van der Waals surface area contributed by atoms with Gasteiger partial charge in [0.15, 0.2) is 0 Å². The highest BCUT2D eigenvalue weighted by Crippen LogP contribution is 2.29. The van der Waals surface area contributed by atoms with Gasteiger partial charge >= 0.3 is 0 Å². The Balaban J connectivity index is 2.45. The lowest BCUT2D eigenvalue weighted by molar-refractivity contribution is 0.765. The molecular weight excluding hydrogens is 174 g/mol. The van der Waals surface area contributed by atoms with Crippen molar-refractivity contribution in [1.82, 2.24) is 5.43 Å². The Bertz CT molecular complexity index is 369. The van der Waals surface area contributed by atoms with E-state index in [-0.39, 0.29) is 0 Å². The van der Waals surface area contributed by atoms with Crippen molar-refractivity contribution >= 4 is 17.2 Å². The number of amidine groups is 1. The van der Waals surface area contributed by atoms with Crippen LogP contribution in [0.2, 0.25) is 0 Å². The third-order valence-corrected chi connectivity index (χ3v) is 2.31. The van der Waals surface area contributed by atoms with Crippen LogP contribution in [-0.4, -0.2) is 12.9 Å². The van der Waals surface area contributed by atoms with E-state index in [9.17, 15) is 0 Å². The van der Waals surface area contributed by atoms with Gasteiger partial charge in [-0.15, -0.1) is 0 Å². The third-order valence-electron chi connectivity index (χ3n) is 2.31. The van der Waals surface area contributed by atoms with E-state index >= 15 is 0 Å². The van der Waals surface area contributed by atoms with Crippen LogP contribution in [0, 0.1) is 5.92 Å². The van der Waals surface area contributed by atoms with Crippen molar-refractivity contribution in [2.24, 2.45) is 10.9 Å². The molecule has 0 saturated heterocycles. The lowest BCUT2D eigenvalue weighted by Gasteiger charge is -2.29. The molecule has 74 valence electrons.